The number of aryl methyl sites for hydroxylation is 1. The molecule has 1 aromatic rings. The average Bonchev–Trinajstić information content (AvgIpc) is 2.66. The Labute approximate surface area is 83.9 Å². The van der Waals surface area contributed by atoms with Crippen LogP contribution in [0.4, 0.5) is 0 Å². The molecule has 1 aromatic carbocycles. The molecule has 14 heavy (non-hydrogen) atoms. The van der Waals surface area contributed by atoms with Crippen molar-refractivity contribution in [3.8, 4) is 0 Å². The predicted octanol–water partition coefficient (Wildman–Crippen LogP) is 1.89. The van der Waals surface area contributed by atoms with Gasteiger partial charge in [0.15, 0.2) is 0 Å². The van der Waals surface area contributed by atoms with E-state index in [4.69, 9.17) is 0 Å². The first kappa shape index (κ1) is 9.25. The summed E-state index contributed by atoms with van der Waals surface area (Å²) >= 11 is 0. The van der Waals surface area contributed by atoms with Gasteiger partial charge >= 0.3 is 5.97 Å². The van der Waals surface area contributed by atoms with E-state index in [0.29, 0.717) is 6.42 Å². The highest BCUT2D eigenvalue weighted by Gasteiger charge is 2.15. The number of benzene rings is 1. The highest BCUT2D eigenvalue weighted by molar-refractivity contribution is 5.73. The molecule has 0 N–H and O–H groups in total. The average molecular weight is 190 g/mol. The van der Waals surface area contributed by atoms with Crippen molar-refractivity contribution < 1.29 is 9.53 Å². The van der Waals surface area contributed by atoms with Crippen LogP contribution in [0.1, 0.15) is 23.1 Å². The minimum atomic E-state index is -0.148. The van der Waals surface area contributed by atoms with Crippen molar-refractivity contribution in [1.29, 1.82) is 0 Å². The molecule has 2 nitrogen and oxygen atoms in total. The van der Waals surface area contributed by atoms with Gasteiger partial charge in [-0.25, -0.2) is 0 Å². The number of methoxy groups -OCH3 is 1. The van der Waals surface area contributed by atoms with Crippen LogP contribution >= 0.6 is 0 Å². The Bertz CT molecular complexity index is 355. The molecule has 0 atom stereocenters. The van der Waals surface area contributed by atoms with Gasteiger partial charge in [-0.1, -0.05) is 18.2 Å². The third-order valence-corrected chi connectivity index (χ3v) is 2.81. The van der Waals surface area contributed by atoms with Crippen molar-refractivity contribution >= 4 is 5.97 Å². The van der Waals surface area contributed by atoms with E-state index in [9.17, 15) is 4.79 Å². The van der Waals surface area contributed by atoms with E-state index in [0.717, 1.165) is 18.4 Å². The second kappa shape index (κ2) is 3.82. The zero-order chi connectivity index (χ0) is 9.97. The fourth-order valence-corrected chi connectivity index (χ4v) is 2.09. The second-order valence-electron chi connectivity index (χ2n) is 3.66. The van der Waals surface area contributed by atoms with E-state index in [2.05, 4.69) is 10.8 Å². The molecule has 2 heteroatoms. The third kappa shape index (κ3) is 1.65. The maximum atomic E-state index is 11.2. The summed E-state index contributed by atoms with van der Waals surface area (Å²) in [5.74, 6) is -0.148. The molecule has 0 heterocycles. The summed E-state index contributed by atoms with van der Waals surface area (Å²) in [5.41, 5.74) is 3.93. The predicted molar refractivity (Wildman–Crippen MR) is 54.2 cm³/mol. The SMILES string of the molecule is COC(=O)Cc1cccc2c1CCC2. The lowest BCUT2D eigenvalue weighted by molar-refractivity contribution is -0.139. The Morgan fingerprint density at radius 3 is 3.07 bits per heavy atom. The topological polar surface area (TPSA) is 26.3 Å². The normalized spacial score (nSPS) is 13.8. The van der Waals surface area contributed by atoms with Crippen molar-refractivity contribution in [2.75, 3.05) is 7.11 Å². The van der Waals surface area contributed by atoms with Crippen LogP contribution in [0.5, 0.6) is 0 Å². The van der Waals surface area contributed by atoms with Gasteiger partial charge in [-0.2, -0.15) is 0 Å². The number of esters is 1. The molecule has 0 saturated carbocycles. The summed E-state index contributed by atoms with van der Waals surface area (Å²) in [4.78, 5) is 11.2. The first-order valence-electron chi connectivity index (χ1n) is 4.97. The number of hydrogen-bond donors (Lipinski definition) is 0. The number of carbonyl (C=O) groups is 1. The van der Waals surface area contributed by atoms with Crippen LogP contribution in [0.2, 0.25) is 0 Å². The molecule has 0 aromatic heterocycles. The summed E-state index contributed by atoms with van der Waals surface area (Å²) in [7, 11) is 1.44. The number of ether oxygens (including phenoxy) is 1. The van der Waals surface area contributed by atoms with E-state index in [1.807, 2.05) is 12.1 Å². The lowest BCUT2D eigenvalue weighted by Crippen LogP contribution is -2.06. The lowest BCUT2D eigenvalue weighted by atomic mass is 10.0. The smallest absolute Gasteiger partial charge is 0.309 e. The van der Waals surface area contributed by atoms with E-state index >= 15 is 0 Å². The highest BCUT2D eigenvalue weighted by atomic mass is 16.5. The Morgan fingerprint density at radius 2 is 2.29 bits per heavy atom. The van der Waals surface area contributed by atoms with Crippen molar-refractivity contribution in [2.24, 2.45) is 0 Å². The molecule has 2 rings (SSSR count). The van der Waals surface area contributed by atoms with Gasteiger partial charge in [-0.05, 0) is 36.0 Å². The van der Waals surface area contributed by atoms with Gasteiger partial charge in [0.25, 0.3) is 0 Å². The first-order valence-corrected chi connectivity index (χ1v) is 4.97. The van der Waals surface area contributed by atoms with Gasteiger partial charge < -0.3 is 4.74 Å². The molecule has 1 aliphatic carbocycles. The zero-order valence-corrected chi connectivity index (χ0v) is 8.38. The Hall–Kier alpha value is -1.31. The van der Waals surface area contributed by atoms with Crippen molar-refractivity contribution in [2.45, 2.75) is 25.7 Å². The van der Waals surface area contributed by atoms with Crippen LogP contribution in [0.3, 0.4) is 0 Å². The minimum Gasteiger partial charge on any atom is -0.469 e. The third-order valence-electron chi connectivity index (χ3n) is 2.81. The highest BCUT2D eigenvalue weighted by Crippen LogP contribution is 2.25. The summed E-state index contributed by atoms with van der Waals surface area (Å²) < 4.78 is 4.67. The molecule has 0 amide bonds. The van der Waals surface area contributed by atoms with Crippen LogP contribution in [0, 0.1) is 0 Å². The summed E-state index contributed by atoms with van der Waals surface area (Å²) in [5, 5.41) is 0. The molecular weight excluding hydrogens is 176 g/mol. The molecule has 0 saturated heterocycles. The van der Waals surface area contributed by atoms with Crippen LogP contribution in [0.15, 0.2) is 18.2 Å². The van der Waals surface area contributed by atoms with Crippen molar-refractivity contribution in [3.63, 3.8) is 0 Å². The van der Waals surface area contributed by atoms with E-state index < -0.39 is 0 Å². The largest absolute Gasteiger partial charge is 0.469 e. The second-order valence-corrected chi connectivity index (χ2v) is 3.66. The Kier molecular flexibility index (Phi) is 2.53. The Morgan fingerprint density at radius 1 is 1.43 bits per heavy atom. The molecule has 0 aliphatic heterocycles. The molecular formula is C12H14O2. The van der Waals surface area contributed by atoms with Gasteiger partial charge in [0.1, 0.15) is 0 Å². The number of hydrogen-bond acceptors (Lipinski definition) is 2. The van der Waals surface area contributed by atoms with Crippen molar-refractivity contribution in [3.05, 3.63) is 34.9 Å². The maximum absolute atomic E-state index is 11.2. The molecule has 0 bridgehead atoms. The van der Waals surface area contributed by atoms with Crippen LogP contribution in [-0.4, -0.2) is 13.1 Å². The molecule has 0 fully saturated rings. The monoisotopic (exact) mass is 190 g/mol. The zero-order valence-electron chi connectivity index (χ0n) is 8.38. The van der Waals surface area contributed by atoms with Gasteiger partial charge in [0.05, 0.1) is 13.5 Å². The lowest BCUT2D eigenvalue weighted by Gasteiger charge is -2.06. The molecule has 1 aliphatic rings. The first-order chi connectivity index (χ1) is 6.81. The maximum Gasteiger partial charge on any atom is 0.309 e. The summed E-state index contributed by atoms with van der Waals surface area (Å²) in [6.45, 7) is 0. The molecule has 0 spiro atoms. The number of carbonyl (C=O) groups excluding carboxylic acids is 1. The quantitative estimate of drug-likeness (QED) is 0.666. The van der Waals surface area contributed by atoms with E-state index in [1.54, 1.807) is 0 Å². The van der Waals surface area contributed by atoms with Crippen LogP contribution in [-0.2, 0) is 28.8 Å². The van der Waals surface area contributed by atoms with Crippen molar-refractivity contribution in [1.82, 2.24) is 0 Å². The Balaban J connectivity index is 2.26. The summed E-state index contributed by atoms with van der Waals surface area (Å²) in [6.07, 6.45) is 3.90. The van der Waals surface area contributed by atoms with Gasteiger partial charge in [-0.15, -0.1) is 0 Å². The van der Waals surface area contributed by atoms with Gasteiger partial charge in [0.2, 0.25) is 0 Å². The molecule has 0 radical (unpaired) electrons. The molecule has 0 unspecified atom stereocenters. The fraction of sp³-hybridized carbons (Fsp3) is 0.417. The molecule has 74 valence electrons. The summed E-state index contributed by atoms with van der Waals surface area (Å²) in [6, 6.07) is 6.21. The van der Waals surface area contributed by atoms with E-state index in [1.165, 1.54) is 24.7 Å². The van der Waals surface area contributed by atoms with E-state index in [-0.39, 0.29) is 5.97 Å². The van der Waals surface area contributed by atoms with Gasteiger partial charge in [-0.3, -0.25) is 4.79 Å². The minimum absolute atomic E-state index is 0.148. The van der Waals surface area contributed by atoms with Gasteiger partial charge in [0, 0.05) is 0 Å². The van der Waals surface area contributed by atoms with Crippen LogP contribution in [0.25, 0.3) is 0 Å². The van der Waals surface area contributed by atoms with Crippen LogP contribution < -0.4 is 0 Å². The number of fused-ring (bicyclic) bond motifs is 1. The standard InChI is InChI=1S/C12H14O2/c1-14-12(13)8-10-6-2-4-9-5-3-7-11(9)10/h2,4,6H,3,5,7-8H2,1H3. The number of rotatable bonds is 2. The fourth-order valence-electron chi connectivity index (χ4n) is 2.09.